The zero-order chi connectivity index (χ0) is 14.2. The van der Waals surface area contributed by atoms with E-state index in [0.717, 1.165) is 18.6 Å². The third kappa shape index (κ3) is 2.16. The van der Waals surface area contributed by atoms with E-state index in [-0.39, 0.29) is 5.92 Å². The Morgan fingerprint density at radius 1 is 0.905 bits per heavy atom. The van der Waals surface area contributed by atoms with Gasteiger partial charge in [-0.25, -0.2) is 0 Å². The minimum Gasteiger partial charge on any atom is -0.469 e. The summed E-state index contributed by atoms with van der Waals surface area (Å²) in [5.74, 6) is 1.19. The highest BCUT2D eigenvalue weighted by Gasteiger charge is 2.34. The normalized spacial score (nSPS) is 24.0. The molecule has 2 aromatic carbocycles. The smallest absolute Gasteiger partial charge is 0.197 e. The molecular weight excluding hydrogens is 260 g/mol. The molecule has 0 saturated carbocycles. The van der Waals surface area contributed by atoms with Crippen LogP contribution in [-0.4, -0.2) is 11.4 Å². The average Bonchev–Trinajstić information content (AvgIpc) is 2.54. The lowest BCUT2D eigenvalue weighted by Crippen LogP contribution is -2.26. The first-order valence-electron chi connectivity index (χ1n) is 7.54. The van der Waals surface area contributed by atoms with Crippen LogP contribution in [0.3, 0.4) is 0 Å². The maximum absolute atomic E-state index is 10.1. The zero-order valence-corrected chi connectivity index (χ0v) is 11.8. The fourth-order valence-corrected chi connectivity index (χ4v) is 3.56. The van der Waals surface area contributed by atoms with Crippen molar-refractivity contribution in [3.63, 3.8) is 0 Å². The second-order valence-electron chi connectivity index (χ2n) is 5.77. The standard InChI is InChI=1S/C19H18O2/c20-18-12-16(13-6-2-1-3-7-13)19-15-9-5-4-8-14(15)10-11-17(19)21-18/h1-9,16,18,20H,10-12H2/t16-,18?/m0/s1. The molecule has 2 aromatic rings. The molecule has 0 saturated heterocycles. The number of rotatable bonds is 1. The number of aliphatic hydroxyl groups excluding tert-OH is 1. The van der Waals surface area contributed by atoms with Gasteiger partial charge in [-0.2, -0.15) is 0 Å². The number of ether oxygens (including phenoxy) is 1. The lowest BCUT2D eigenvalue weighted by molar-refractivity contribution is -0.0809. The average molecular weight is 278 g/mol. The third-order valence-corrected chi connectivity index (χ3v) is 4.50. The van der Waals surface area contributed by atoms with E-state index in [1.54, 1.807) is 0 Å². The molecule has 2 heteroatoms. The number of fused-ring (bicyclic) bond motifs is 2. The molecule has 0 aromatic heterocycles. The fourth-order valence-electron chi connectivity index (χ4n) is 3.56. The maximum Gasteiger partial charge on any atom is 0.197 e. The lowest BCUT2D eigenvalue weighted by atomic mass is 9.77. The second-order valence-corrected chi connectivity index (χ2v) is 5.77. The van der Waals surface area contributed by atoms with Crippen LogP contribution in [0.15, 0.2) is 60.4 Å². The first kappa shape index (κ1) is 12.7. The Labute approximate surface area is 124 Å². The molecule has 0 radical (unpaired) electrons. The number of aryl methyl sites for hydroxylation is 1. The van der Waals surface area contributed by atoms with E-state index in [9.17, 15) is 5.11 Å². The Morgan fingerprint density at radius 2 is 1.67 bits per heavy atom. The van der Waals surface area contributed by atoms with Crippen molar-refractivity contribution in [3.05, 3.63) is 77.0 Å². The van der Waals surface area contributed by atoms with Gasteiger partial charge in [0, 0.05) is 24.3 Å². The van der Waals surface area contributed by atoms with Crippen LogP contribution in [0.4, 0.5) is 0 Å². The van der Waals surface area contributed by atoms with Gasteiger partial charge in [-0.15, -0.1) is 0 Å². The molecule has 1 N–H and O–H groups in total. The van der Waals surface area contributed by atoms with Crippen LogP contribution in [-0.2, 0) is 11.2 Å². The first-order valence-corrected chi connectivity index (χ1v) is 7.54. The van der Waals surface area contributed by atoms with E-state index >= 15 is 0 Å². The minimum atomic E-state index is -0.695. The Kier molecular flexibility index (Phi) is 3.04. The lowest BCUT2D eigenvalue weighted by Gasteiger charge is -2.36. The summed E-state index contributed by atoms with van der Waals surface area (Å²) in [4.78, 5) is 0. The third-order valence-electron chi connectivity index (χ3n) is 4.50. The van der Waals surface area contributed by atoms with Gasteiger partial charge in [0.05, 0.1) is 0 Å². The molecule has 1 aliphatic carbocycles. The maximum atomic E-state index is 10.1. The summed E-state index contributed by atoms with van der Waals surface area (Å²) in [6.07, 6.45) is 1.80. The van der Waals surface area contributed by atoms with Gasteiger partial charge in [0.15, 0.2) is 6.29 Å². The van der Waals surface area contributed by atoms with Crippen molar-refractivity contribution in [3.8, 4) is 0 Å². The molecule has 0 fully saturated rings. The van der Waals surface area contributed by atoms with Crippen LogP contribution < -0.4 is 0 Å². The fraction of sp³-hybridized carbons (Fsp3) is 0.263. The van der Waals surface area contributed by atoms with E-state index in [2.05, 4.69) is 48.5 Å². The predicted octanol–water partition coefficient (Wildman–Crippen LogP) is 3.87. The SMILES string of the molecule is OC1C[C@@H](c2ccccc2)C2=C(CCc3ccccc32)O1. The Hall–Kier alpha value is -2.06. The Balaban J connectivity index is 1.87. The molecule has 0 amide bonds. The van der Waals surface area contributed by atoms with E-state index in [1.807, 2.05) is 6.07 Å². The van der Waals surface area contributed by atoms with Crippen molar-refractivity contribution >= 4 is 5.57 Å². The molecule has 1 heterocycles. The van der Waals surface area contributed by atoms with Gasteiger partial charge in [-0.05, 0) is 23.1 Å². The Bertz CT molecular complexity index is 688. The summed E-state index contributed by atoms with van der Waals surface area (Å²) in [6, 6.07) is 19.0. The summed E-state index contributed by atoms with van der Waals surface area (Å²) in [7, 11) is 0. The van der Waals surface area contributed by atoms with Crippen LogP contribution in [0.5, 0.6) is 0 Å². The van der Waals surface area contributed by atoms with Crippen LogP contribution >= 0.6 is 0 Å². The molecule has 4 rings (SSSR count). The van der Waals surface area contributed by atoms with Crippen molar-refractivity contribution in [2.45, 2.75) is 31.5 Å². The molecule has 2 nitrogen and oxygen atoms in total. The van der Waals surface area contributed by atoms with Gasteiger partial charge in [0.1, 0.15) is 5.76 Å². The van der Waals surface area contributed by atoms with Gasteiger partial charge in [-0.1, -0.05) is 54.6 Å². The minimum absolute atomic E-state index is 0.214. The van der Waals surface area contributed by atoms with Crippen molar-refractivity contribution in [2.24, 2.45) is 0 Å². The first-order chi connectivity index (χ1) is 10.3. The molecule has 2 aliphatic rings. The number of allylic oxidation sites excluding steroid dienone is 2. The molecule has 2 atom stereocenters. The van der Waals surface area contributed by atoms with E-state index < -0.39 is 6.29 Å². The topological polar surface area (TPSA) is 29.5 Å². The summed E-state index contributed by atoms with van der Waals surface area (Å²) in [6.45, 7) is 0. The molecule has 1 unspecified atom stereocenters. The van der Waals surface area contributed by atoms with Crippen molar-refractivity contribution in [1.82, 2.24) is 0 Å². The quantitative estimate of drug-likeness (QED) is 0.858. The molecule has 0 bridgehead atoms. The van der Waals surface area contributed by atoms with Gasteiger partial charge in [0.25, 0.3) is 0 Å². The van der Waals surface area contributed by atoms with Gasteiger partial charge in [-0.3, -0.25) is 0 Å². The molecule has 106 valence electrons. The van der Waals surface area contributed by atoms with Crippen LogP contribution in [0.25, 0.3) is 5.57 Å². The van der Waals surface area contributed by atoms with Crippen LogP contribution in [0, 0.1) is 0 Å². The summed E-state index contributed by atoms with van der Waals surface area (Å²) in [5, 5.41) is 10.1. The summed E-state index contributed by atoms with van der Waals surface area (Å²) in [5.41, 5.74) is 5.20. The highest BCUT2D eigenvalue weighted by atomic mass is 16.6. The van der Waals surface area contributed by atoms with Crippen LogP contribution in [0.1, 0.15) is 35.4 Å². The van der Waals surface area contributed by atoms with Crippen molar-refractivity contribution in [1.29, 1.82) is 0 Å². The largest absolute Gasteiger partial charge is 0.469 e. The summed E-state index contributed by atoms with van der Waals surface area (Å²) < 4.78 is 5.73. The van der Waals surface area contributed by atoms with Crippen molar-refractivity contribution in [2.75, 3.05) is 0 Å². The van der Waals surface area contributed by atoms with E-state index in [1.165, 1.54) is 22.3 Å². The monoisotopic (exact) mass is 278 g/mol. The molecule has 21 heavy (non-hydrogen) atoms. The number of hydrogen-bond acceptors (Lipinski definition) is 2. The zero-order valence-electron chi connectivity index (χ0n) is 11.8. The van der Waals surface area contributed by atoms with Gasteiger partial charge in [0.2, 0.25) is 0 Å². The van der Waals surface area contributed by atoms with E-state index in [0.29, 0.717) is 6.42 Å². The number of aliphatic hydroxyl groups is 1. The Morgan fingerprint density at radius 3 is 2.52 bits per heavy atom. The van der Waals surface area contributed by atoms with Crippen LogP contribution in [0.2, 0.25) is 0 Å². The molecule has 0 spiro atoms. The highest BCUT2D eigenvalue weighted by molar-refractivity contribution is 5.77. The van der Waals surface area contributed by atoms with Crippen molar-refractivity contribution < 1.29 is 9.84 Å². The molecule has 1 aliphatic heterocycles. The summed E-state index contributed by atoms with van der Waals surface area (Å²) >= 11 is 0. The number of hydrogen-bond donors (Lipinski definition) is 1. The predicted molar refractivity (Wildman–Crippen MR) is 82.6 cm³/mol. The van der Waals surface area contributed by atoms with Gasteiger partial charge < -0.3 is 9.84 Å². The second kappa shape index (κ2) is 5.05. The number of benzene rings is 2. The van der Waals surface area contributed by atoms with E-state index in [4.69, 9.17) is 4.74 Å². The van der Waals surface area contributed by atoms with Gasteiger partial charge >= 0.3 is 0 Å². The molecular formula is C19H18O2. The highest BCUT2D eigenvalue weighted by Crippen LogP contribution is 2.46.